The smallest absolute Gasteiger partial charge is 0.337 e. The van der Waals surface area contributed by atoms with Crippen molar-refractivity contribution in [2.75, 3.05) is 37.5 Å². The minimum atomic E-state index is -3.58. The minimum absolute atomic E-state index is 0.0239. The van der Waals surface area contributed by atoms with Gasteiger partial charge in [-0.15, -0.1) is 0 Å². The highest BCUT2D eigenvalue weighted by Gasteiger charge is 2.47. The molecular weight excluding hydrogens is 750 g/mol. The molecule has 1 aliphatic heterocycles. The van der Waals surface area contributed by atoms with Crippen molar-refractivity contribution >= 4 is 41.4 Å². The normalized spacial score (nSPS) is 25.9. The number of halogens is 1. The number of sulfone groups is 1. The second-order valence-corrected chi connectivity index (χ2v) is 24.9. The first-order chi connectivity index (χ1) is 26.1. The molecule has 2 saturated carbocycles. The maximum Gasteiger partial charge on any atom is 0.337 e. The summed E-state index contributed by atoms with van der Waals surface area (Å²) in [7, 11) is -4.35. The molecular formula is C43H56ClN3O6SSi. The van der Waals surface area contributed by atoms with E-state index in [1.54, 1.807) is 12.1 Å². The van der Waals surface area contributed by atoms with Gasteiger partial charge in [0.25, 0.3) is 0 Å². The number of carbonyl (C=O) groups is 1. The van der Waals surface area contributed by atoms with Gasteiger partial charge in [0.05, 0.1) is 36.8 Å². The number of hydrogen-bond acceptors (Lipinski definition) is 9. The van der Waals surface area contributed by atoms with E-state index in [1.807, 2.05) is 18.2 Å². The van der Waals surface area contributed by atoms with Gasteiger partial charge in [-0.2, -0.15) is 0 Å². The molecule has 6 atom stereocenters. The van der Waals surface area contributed by atoms with E-state index in [0.29, 0.717) is 18.1 Å². The maximum absolute atomic E-state index is 13.2. The largest absolute Gasteiger partial charge is 0.490 e. The van der Waals surface area contributed by atoms with E-state index >= 15 is 0 Å². The van der Waals surface area contributed by atoms with E-state index in [-0.39, 0.29) is 51.2 Å². The van der Waals surface area contributed by atoms with E-state index < -0.39 is 18.2 Å². The van der Waals surface area contributed by atoms with Crippen LogP contribution in [0, 0.1) is 23.7 Å². The third-order valence-corrected chi connectivity index (χ3v) is 19.7. The molecule has 4 aliphatic rings. The summed E-state index contributed by atoms with van der Waals surface area (Å²) < 4.78 is 45.5. The fraction of sp³-hybridized carbons (Fsp3) is 0.558. The van der Waals surface area contributed by atoms with Crippen LogP contribution in [0.2, 0.25) is 23.2 Å². The molecule has 0 N–H and O–H groups in total. The predicted octanol–water partition coefficient (Wildman–Crippen LogP) is 8.86. The highest BCUT2D eigenvalue weighted by Crippen LogP contribution is 2.49. The van der Waals surface area contributed by atoms with Crippen molar-refractivity contribution in [2.24, 2.45) is 23.7 Å². The lowest BCUT2D eigenvalue weighted by molar-refractivity contribution is 0.0519. The zero-order valence-electron chi connectivity index (χ0n) is 33.1. The van der Waals surface area contributed by atoms with Crippen molar-refractivity contribution in [3.05, 3.63) is 88.7 Å². The summed E-state index contributed by atoms with van der Waals surface area (Å²) in [5.41, 5.74) is 3.78. The Bertz CT molecular complexity index is 2020. The van der Waals surface area contributed by atoms with Crippen LogP contribution in [0.3, 0.4) is 0 Å². The van der Waals surface area contributed by atoms with Crippen molar-refractivity contribution in [1.82, 2.24) is 9.97 Å². The molecule has 0 bridgehead atoms. The molecule has 7 rings (SSSR count). The lowest BCUT2D eigenvalue weighted by Gasteiger charge is -2.48. The molecule has 0 amide bonds. The first-order valence-electron chi connectivity index (χ1n) is 19.8. The quantitative estimate of drug-likeness (QED) is 0.0813. The number of nitrogens with zero attached hydrogens (tertiary/aromatic N) is 3. The van der Waals surface area contributed by atoms with Crippen LogP contribution in [-0.2, 0) is 30.8 Å². The number of hydrogen-bond donors (Lipinski definition) is 0. The third kappa shape index (κ3) is 8.27. The number of carbonyl (C=O) groups excluding carboxylic acids is 1. The Hall–Kier alpha value is -3.25. The van der Waals surface area contributed by atoms with Crippen LogP contribution in [-0.4, -0.2) is 71.3 Å². The lowest BCUT2D eigenvalue weighted by Crippen LogP contribution is -2.52. The van der Waals surface area contributed by atoms with Crippen molar-refractivity contribution in [3.8, 4) is 5.75 Å². The molecule has 1 spiro atoms. The van der Waals surface area contributed by atoms with Gasteiger partial charge in [0.2, 0.25) is 15.0 Å². The van der Waals surface area contributed by atoms with Gasteiger partial charge in [-0.05, 0) is 134 Å². The summed E-state index contributed by atoms with van der Waals surface area (Å²) in [6.45, 7) is 13.6. The van der Waals surface area contributed by atoms with Crippen molar-refractivity contribution in [3.63, 3.8) is 0 Å². The zero-order valence-corrected chi connectivity index (χ0v) is 35.7. The highest BCUT2D eigenvalue weighted by molar-refractivity contribution is 7.91. The van der Waals surface area contributed by atoms with Gasteiger partial charge in [-0.25, -0.2) is 23.2 Å². The Morgan fingerprint density at radius 3 is 2.53 bits per heavy atom. The number of anilines is 1. The van der Waals surface area contributed by atoms with Gasteiger partial charge in [0, 0.05) is 35.9 Å². The van der Waals surface area contributed by atoms with Crippen LogP contribution in [0.25, 0.3) is 0 Å². The van der Waals surface area contributed by atoms with Gasteiger partial charge in [0.15, 0.2) is 8.32 Å². The number of fused-ring (bicyclic) bond motifs is 3. The van der Waals surface area contributed by atoms with Gasteiger partial charge in [0.1, 0.15) is 5.75 Å². The second-order valence-electron chi connectivity index (χ2n) is 17.8. The van der Waals surface area contributed by atoms with E-state index in [9.17, 15) is 13.2 Å². The van der Waals surface area contributed by atoms with Gasteiger partial charge >= 0.3 is 5.97 Å². The summed E-state index contributed by atoms with van der Waals surface area (Å²) in [6.07, 6.45) is 14.4. The SMILES string of the molecule is COC(=O)c1ccc2c(c1)N(C[C@@H]1CC[C@H]1C(/C=C/[C@H]1CC[C@@H]1CS(=O)(=O)c1ncccn1)O[Si](C)(C)C(C)(C)C)C[C@@]1(CCCc3cc(Cl)ccc31)CO2. The van der Waals surface area contributed by atoms with E-state index in [4.69, 9.17) is 25.5 Å². The fourth-order valence-electron chi connectivity index (χ4n) is 8.79. The molecule has 9 nitrogen and oxygen atoms in total. The highest BCUT2D eigenvalue weighted by atomic mass is 35.5. The molecule has 0 saturated heterocycles. The van der Waals surface area contributed by atoms with Gasteiger partial charge in [-0.1, -0.05) is 50.6 Å². The standard InChI is InChI=1S/C43H56ClN3O6SSi/c1-42(2,3)55(5,6)53-38(18-13-29-10-11-33(29)26-54(49,50)41-45-21-8-22-46-41)35-16-12-32(35)25-47-27-43(20-7-9-30-23-34(44)15-17-36(30)43)28-52-39-19-14-31(24-37(39)47)40(48)51-4/h8,13-15,17-19,21-24,29,32-33,35,38H,7,9-12,16,20,25-28H2,1-6H3/b18-13+/t29-,32+,33-,35-,38?,43+/m1/s1. The average Bonchev–Trinajstić information content (AvgIpc) is 3.28. The number of rotatable bonds is 11. The number of allylic oxidation sites excluding steroid dienone is 1. The van der Waals surface area contributed by atoms with E-state index in [2.05, 4.69) is 73.0 Å². The minimum Gasteiger partial charge on any atom is -0.490 e. The van der Waals surface area contributed by atoms with Crippen LogP contribution in [0.5, 0.6) is 5.75 Å². The summed E-state index contributed by atoms with van der Waals surface area (Å²) in [4.78, 5) is 23.3. The Labute approximate surface area is 333 Å². The fourth-order valence-corrected chi connectivity index (χ4v) is 11.8. The van der Waals surface area contributed by atoms with Crippen molar-refractivity contribution in [1.29, 1.82) is 0 Å². The lowest BCUT2D eigenvalue weighted by atomic mass is 9.68. The number of methoxy groups -OCH3 is 1. The molecule has 2 fully saturated rings. The summed E-state index contributed by atoms with van der Waals surface area (Å²) in [5.74, 6) is 1.27. The summed E-state index contributed by atoms with van der Waals surface area (Å²) >= 11 is 6.50. The number of esters is 1. The maximum atomic E-state index is 13.2. The van der Waals surface area contributed by atoms with E-state index in [0.717, 1.165) is 74.5 Å². The number of aromatic nitrogens is 2. The molecule has 2 heterocycles. The Kier molecular flexibility index (Phi) is 11.3. The second kappa shape index (κ2) is 15.6. The molecule has 1 unspecified atom stereocenters. The van der Waals surface area contributed by atoms with Crippen molar-refractivity contribution < 1.29 is 27.1 Å². The van der Waals surface area contributed by atoms with Crippen LogP contribution >= 0.6 is 11.6 Å². The zero-order chi connectivity index (χ0) is 39.2. The number of benzene rings is 2. The molecule has 0 radical (unpaired) electrons. The molecule has 3 aliphatic carbocycles. The summed E-state index contributed by atoms with van der Waals surface area (Å²) in [5, 5.41) is 0.685. The Balaban J connectivity index is 1.17. The topological polar surface area (TPSA) is 108 Å². The molecule has 3 aromatic rings. The van der Waals surface area contributed by atoms with Crippen LogP contribution in [0.1, 0.15) is 80.8 Å². The third-order valence-electron chi connectivity index (χ3n) is 13.3. The van der Waals surface area contributed by atoms with Crippen molar-refractivity contribution in [2.45, 2.75) is 101 Å². The predicted molar refractivity (Wildman–Crippen MR) is 219 cm³/mol. The Morgan fingerprint density at radius 1 is 1.09 bits per heavy atom. The van der Waals surface area contributed by atoms with Crippen LogP contribution in [0.15, 0.2) is 72.2 Å². The first kappa shape index (κ1) is 40.0. The molecule has 1 aromatic heterocycles. The Morgan fingerprint density at radius 2 is 1.85 bits per heavy atom. The van der Waals surface area contributed by atoms with Gasteiger partial charge < -0.3 is 18.8 Å². The van der Waals surface area contributed by atoms with E-state index in [1.165, 1.54) is 30.6 Å². The summed E-state index contributed by atoms with van der Waals surface area (Å²) in [6, 6.07) is 13.6. The molecule has 12 heteroatoms. The monoisotopic (exact) mass is 805 g/mol. The number of ether oxygens (including phenoxy) is 2. The van der Waals surface area contributed by atoms with Crippen LogP contribution < -0.4 is 9.64 Å². The molecule has 55 heavy (non-hydrogen) atoms. The average molecular weight is 807 g/mol. The number of aryl methyl sites for hydroxylation is 1. The first-order valence-corrected chi connectivity index (χ1v) is 24.8. The molecule has 296 valence electrons. The molecule has 2 aromatic carbocycles. The van der Waals surface area contributed by atoms with Gasteiger partial charge in [-0.3, -0.25) is 0 Å². The van der Waals surface area contributed by atoms with Crippen LogP contribution in [0.4, 0.5) is 5.69 Å².